The van der Waals surface area contributed by atoms with E-state index in [0.29, 0.717) is 19.0 Å². The molecule has 0 saturated carbocycles. The lowest BCUT2D eigenvalue weighted by molar-refractivity contribution is -0.122. The Morgan fingerprint density at radius 1 is 1.61 bits per heavy atom. The SMILES string of the molecule is O=C(CN1CCC(CCO)C1)NCc1cccs1. The van der Waals surface area contributed by atoms with Gasteiger partial charge in [0.2, 0.25) is 5.91 Å². The smallest absolute Gasteiger partial charge is 0.234 e. The van der Waals surface area contributed by atoms with Gasteiger partial charge in [-0.15, -0.1) is 11.3 Å². The number of likely N-dealkylation sites (tertiary alicyclic amines) is 1. The number of carbonyl (C=O) groups excluding carboxylic acids is 1. The third-order valence-corrected chi connectivity index (χ3v) is 4.19. The van der Waals surface area contributed by atoms with E-state index in [-0.39, 0.29) is 12.5 Å². The largest absolute Gasteiger partial charge is 0.396 e. The van der Waals surface area contributed by atoms with E-state index in [1.807, 2.05) is 17.5 Å². The second-order valence-electron chi connectivity index (χ2n) is 4.76. The van der Waals surface area contributed by atoms with Gasteiger partial charge in [0.1, 0.15) is 0 Å². The van der Waals surface area contributed by atoms with Gasteiger partial charge in [-0.1, -0.05) is 6.07 Å². The third-order valence-electron chi connectivity index (χ3n) is 3.31. The van der Waals surface area contributed by atoms with Gasteiger partial charge in [-0.25, -0.2) is 0 Å². The van der Waals surface area contributed by atoms with Crippen LogP contribution in [0, 0.1) is 5.92 Å². The fraction of sp³-hybridized carbons (Fsp3) is 0.615. The maximum Gasteiger partial charge on any atom is 0.234 e. The number of hydrogen-bond donors (Lipinski definition) is 2. The minimum atomic E-state index is 0.0908. The third kappa shape index (κ3) is 4.08. The van der Waals surface area contributed by atoms with E-state index in [2.05, 4.69) is 10.2 Å². The van der Waals surface area contributed by atoms with Crippen LogP contribution < -0.4 is 5.32 Å². The summed E-state index contributed by atoms with van der Waals surface area (Å²) in [7, 11) is 0. The van der Waals surface area contributed by atoms with Crippen molar-refractivity contribution in [3.8, 4) is 0 Å². The maximum atomic E-state index is 11.8. The van der Waals surface area contributed by atoms with Gasteiger partial charge < -0.3 is 10.4 Å². The number of aliphatic hydroxyl groups is 1. The molecule has 1 aromatic heterocycles. The highest BCUT2D eigenvalue weighted by atomic mass is 32.1. The van der Waals surface area contributed by atoms with Crippen LogP contribution in [0.4, 0.5) is 0 Å². The highest BCUT2D eigenvalue weighted by Gasteiger charge is 2.23. The summed E-state index contributed by atoms with van der Waals surface area (Å²) in [5.74, 6) is 0.646. The van der Waals surface area contributed by atoms with Crippen LogP contribution in [0.2, 0.25) is 0 Å². The highest BCUT2D eigenvalue weighted by molar-refractivity contribution is 7.09. The van der Waals surface area contributed by atoms with Crippen LogP contribution in [0.3, 0.4) is 0 Å². The molecule has 0 aromatic carbocycles. The number of nitrogens with one attached hydrogen (secondary N) is 1. The molecular formula is C13H20N2O2S. The molecule has 1 fully saturated rings. The summed E-state index contributed by atoms with van der Waals surface area (Å²) < 4.78 is 0. The van der Waals surface area contributed by atoms with Crippen molar-refractivity contribution in [1.82, 2.24) is 10.2 Å². The van der Waals surface area contributed by atoms with Crippen molar-refractivity contribution in [1.29, 1.82) is 0 Å². The van der Waals surface area contributed by atoms with Gasteiger partial charge >= 0.3 is 0 Å². The van der Waals surface area contributed by atoms with Crippen molar-refractivity contribution in [2.75, 3.05) is 26.2 Å². The Kier molecular flexibility index (Phi) is 5.16. The van der Waals surface area contributed by atoms with Crippen molar-refractivity contribution >= 4 is 17.2 Å². The molecule has 5 heteroatoms. The predicted octanol–water partition coefficient (Wildman–Crippen LogP) is 1.07. The minimum absolute atomic E-state index is 0.0908. The average molecular weight is 268 g/mol. The number of carbonyl (C=O) groups is 1. The Hall–Kier alpha value is -0.910. The van der Waals surface area contributed by atoms with Gasteiger partial charge in [0.25, 0.3) is 0 Å². The molecule has 1 amide bonds. The molecule has 2 heterocycles. The lowest BCUT2D eigenvalue weighted by atomic mass is 10.1. The molecule has 4 nitrogen and oxygen atoms in total. The van der Waals surface area contributed by atoms with Crippen molar-refractivity contribution in [3.63, 3.8) is 0 Å². The molecule has 0 aliphatic carbocycles. The first-order valence-corrected chi connectivity index (χ1v) is 7.28. The molecule has 1 aromatic rings. The fourth-order valence-electron chi connectivity index (χ4n) is 2.33. The predicted molar refractivity (Wildman–Crippen MR) is 72.4 cm³/mol. The summed E-state index contributed by atoms with van der Waals surface area (Å²) in [5, 5.41) is 13.8. The Morgan fingerprint density at radius 2 is 2.50 bits per heavy atom. The summed E-state index contributed by atoms with van der Waals surface area (Å²) in [4.78, 5) is 15.1. The fourth-order valence-corrected chi connectivity index (χ4v) is 2.98. The van der Waals surface area contributed by atoms with E-state index >= 15 is 0 Å². The highest BCUT2D eigenvalue weighted by Crippen LogP contribution is 2.18. The molecule has 1 unspecified atom stereocenters. The number of nitrogens with zero attached hydrogens (tertiary/aromatic N) is 1. The first kappa shape index (κ1) is 13.5. The molecule has 0 radical (unpaired) electrons. The normalized spacial score (nSPS) is 20.2. The van der Waals surface area contributed by atoms with Crippen LogP contribution in [0.15, 0.2) is 17.5 Å². The Labute approximate surface area is 112 Å². The van der Waals surface area contributed by atoms with Crippen LogP contribution in [-0.2, 0) is 11.3 Å². The zero-order valence-corrected chi connectivity index (χ0v) is 11.3. The summed E-state index contributed by atoms with van der Waals surface area (Å²) >= 11 is 1.66. The quantitative estimate of drug-likeness (QED) is 0.811. The molecule has 1 atom stereocenters. The maximum absolute atomic E-state index is 11.8. The van der Waals surface area contributed by atoms with Gasteiger partial charge in [-0.2, -0.15) is 0 Å². The molecule has 2 rings (SSSR count). The van der Waals surface area contributed by atoms with Crippen molar-refractivity contribution in [3.05, 3.63) is 22.4 Å². The minimum Gasteiger partial charge on any atom is -0.396 e. The molecule has 0 spiro atoms. The second-order valence-corrected chi connectivity index (χ2v) is 5.79. The van der Waals surface area contributed by atoms with Crippen LogP contribution in [0.1, 0.15) is 17.7 Å². The summed E-state index contributed by atoms with van der Waals surface area (Å²) in [5.41, 5.74) is 0. The van der Waals surface area contributed by atoms with Crippen molar-refractivity contribution in [2.24, 2.45) is 5.92 Å². The van der Waals surface area contributed by atoms with Gasteiger partial charge in [-0.3, -0.25) is 9.69 Å². The van der Waals surface area contributed by atoms with E-state index in [1.165, 1.54) is 4.88 Å². The van der Waals surface area contributed by atoms with E-state index in [1.54, 1.807) is 11.3 Å². The van der Waals surface area contributed by atoms with E-state index in [4.69, 9.17) is 5.11 Å². The van der Waals surface area contributed by atoms with E-state index in [9.17, 15) is 4.79 Å². The monoisotopic (exact) mass is 268 g/mol. The number of hydrogen-bond acceptors (Lipinski definition) is 4. The number of thiophene rings is 1. The average Bonchev–Trinajstić information content (AvgIpc) is 2.99. The zero-order chi connectivity index (χ0) is 12.8. The van der Waals surface area contributed by atoms with Crippen LogP contribution in [0.25, 0.3) is 0 Å². The van der Waals surface area contributed by atoms with E-state index in [0.717, 1.165) is 25.9 Å². The molecule has 18 heavy (non-hydrogen) atoms. The lowest BCUT2D eigenvalue weighted by Crippen LogP contribution is -2.35. The first-order chi connectivity index (χ1) is 8.78. The number of aliphatic hydroxyl groups excluding tert-OH is 1. The molecule has 1 aliphatic rings. The van der Waals surface area contributed by atoms with Gasteiger partial charge in [-0.05, 0) is 36.8 Å². The van der Waals surface area contributed by atoms with E-state index < -0.39 is 0 Å². The van der Waals surface area contributed by atoms with Crippen LogP contribution in [0.5, 0.6) is 0 Å². The van der Waals surface area contributed by atoms with Gasteiger partial charge in [0.15, 0.2) is 0 Å². The molecule has 100 valence electrons. The van der Waals surface area contributed by atoms with Crippen LogP contribution >= 0.6 is 11.3 Å². The standard InChI is InChI=1S/C13H20N2O2S/c16-6-4-11-3-5-15(9-11)10-13(17)14-8-12-2-1-7-18-12/h1-2,7,11,16H,3-6,8-10H2,(H,14,17). The lowest BCUT2D eigenvalue weighted by Gasteiger charge is -2.15. The topological polar surface area (TPSA) is 52.6 Å². The van der Waals surface area contributed by atoms with Crippen molar-refractivity contribution < 1.29 is 9.90 Å². The molecule has 2 N–H and O–H groups in total. The Bertz CT molecular complexity index is 367. The molecule has 1 aliphatic heterocycles. The Morgan fingerprint density at radius 3 is 3.22 bits per heavy atom. The summed E-state index contributed by atoms with van der Waals surface area (Å²) in [6.45, 7) is 3.27. The number of amides is 1. The first-order valence-electron chi connectivity index (χ1n) is 6.40. The second kappa shape index (κ2) is 6.87. The van der Waals surface area contributed by atoms with Gasteiger partial charge in [0, 0.05) is 18.0 Å². The Balaban J connectivity index is 1.65. The zero-order valence-electron chi connectivity index (χ0n) is 10.5. The molecular weight excluding hydrogens is 248 g/mol. The summed E-state index contributed by atoms with van der Waals surface area (Å²) in [6.07, 6.45) is 1.95. The van der Waals surface area contributed by atoms with Crippen LogP contribution in [-0.4, -0.2) is 42.2 Å². The molecule has 1 saturated heterocycles. The van der Waals surface area contributed by atoms with Crippen molar-refractivity contribution in [2.45, 2.75) is 19.4 Å². The summed E-state index contributed by atoms with van der Waals surface area (Å²) in [6, 6.07) is 4.02. The van der Waals surface area contributed by atoms with Gasteiger partial charge in [0.05, 0.1) is 13.1 Å². The molecule has 0 bridgehead atoms. The number of rotatable bonds is 6.